The van der Waals surface area contributed by atoms with Gasteiger partial charge in [0.2, 0.25) is 0 Å². The van der Waals surface area contributed by atoms with E-state index in [1.165, 1.54) is 6.34 Å². The molecule has 0 spiro atoms. The Morgan fingerprint density at radius 1 is 1.40 bits per heavy atom. The number of aliphatic imine (C=N–C) groups is 4. The maximum absolute atomic E-state index is 5.48. The van der Waals surface area contributed by atoms with Crippen LogP contribution in [-0.2, 0) is 0 Å². The zero-order valence-electron chi connectivity index (χ0n) is 5.15. The summed E-state index contributed by atoms with van der Waals surface area (Å²) in [5.41, 5.74) is 6.08. The molecule has 0 unspecified atom stereocenters. The molecule has 0 saturated carbocycles. The molecule has 5 heteroatoms. The third-order valence-electron chi connectivity index (χ3n) is 1.28. The van der Waals surface area contributed by atoms with Gasteiger partial charge in [0.15, 0.2) is 17.4 Å². The lowest BCUT2D eigenvalue weighted by atomic mass is 10.3. The van der Waals surface area contributed by atoms with E-state index in [0.29, 0.717) is 24.1 Å². The van der Waals surface area contributed by atoms with Crippen LogP contribution in [0.3, 0.4) is 0 Å². The number of fused-ring (bicyclic) bond motifs is 1. The number of nitrogens with zero attached hydrogens (tertiary/aromatic N) is 4. The summed E-state index contributed by atoms with van der Waals surface area (Å²) < 4.78 is 0. The molecule has 10 heavy (non-hydrogen) atoms. The molecule has 2 N–H and O–H groups in total. The minimum absolute atomic E-state index is 0.373. The molecular weight excluding hydrogens is 130 g/mol. The van der Waals surface area contributed by atoms with Crippen molar-refractivity contribution in [3.05, 3.63) is 0 Å². The molecular formula is C5H5N5. The quantitative estimate of drug-likeness (QED) is 0.463. The van der Waals surface area contributed by atoms with Gasteiger partial charge in [0.1, 0.15) is 13.0 Å². The van der Waals surface area contributed by atoms with Crippen molar-refractivity contribution in [2.45, 2.75) is 0 Å². The number of amidine groups is 2. The monoisotopic (exact) mass is 135 g/mol. The lowest BCUT2D eigenvalue weighted by Crippen LogP contribution is -2.31. The molecule has 0 saturated heterocycles. The molecule has 0 aromatic heterocycles. The lowest BCUT2D eigenvalue weighted by molar-refractivity contribution is 1.06. The van der Waals surface area contributed by atoms with E-state index in [4.69, 9.17) is 5.73 Å². The van der Waals surface area contributed by atoms with Crippen LogP contribution in [0.1, 0.15) is 0 Å². The summed E-state index contributed by atoms with van der Waals surface area (Å²) in [5.74, 6) is 1.04. The van der Waals surface area contributed by atoms with Gasteiger partial charge in [0.05, 0.1) is 0 Å². The van der Waals surface area contributed by atoms with Crippen LogP contribution in [0, 0.1) is 0 Å². The third-order valence-corrected chi connectivity index (χ3v) is 1.28. The molecule has 2 heterocycles. The molecule has 0 radical (unpaired) electrons. The Hall–Kier alpha value is -1.52. The van der Waals surface area contributed by atoms with Crippen molar-refractivity contribution in [2.24, 2.45) is 25.7 Å². The van der Waals surface area contributed by atoms with Gasteiger partial charge in [-0.05, 0) is 0 Å². The van der Waals surface area contributed by atoms with Crippen molar-refractivity contribution in [1.29, 1.82) is 0 Å². The summed E-state index contributed by atoms with van der Waals surface area (Å²) in [7, 11) is 0. The van der Waals surface area contributed by atoms with Crippen molar-refractivity contribution < 1.29 is 0 Å². The molecule has 0 fully saturated rings. The van der Waals surface area contributed by atoms with Gasteiger partial charge in [-0.2, -0.15) is 0 Å². The van der Waals surface area contributed by atoms with Crippen molar-refractivity contribution >= 4 is 23.7 Å². The van der Waals surface area contributed by atoms with Gasteiger partial charge in [-0.25, -0.2) is 20.0 Å². The fourth-order valence-electron chi connectivity index (χ4n) is 0.810. The zero-order chi connectivity index (χ0) is 6.97. The van der Waals surface area contributed by atoms with E-state index in [0.717, 1.165) is 0 Å². The Balaban J connectivity index is 2.46. The molecule has 0 amide bonds. The van der Waals surface area contributed by atoms with Gasteiger partial charge in [-0.15, -0.1) is 0 Å². The number of nitrogens with two attached hydrogens (primary N) is 1. The molecule has 2 aliphatic heterocycles. The van der Waals surface area contributed by atoms with Crippen molar-refractivity contribution in [3.63, 3.8) is 0 Å². The second kappa shape index (κ2) is 1.73. The number of hydrogen-bond acceptors (Lipinski definition) is 5. The van der Waals surface area contributed by atoms with Crippen molar-refractivity contribution in [1.82, 2.24) is 0 Å². The first-order valence-electron chi connectivity index (χ1n) is 2.83. The highest BCUT2D eigenvalue weighted by Gasteiger charge is 2.18. The van der Waals surface area contributed by atoms with Crippen LogP contribution in [0.15, 0.2) is 20.0 Å². The number of rotatable bonds is 0. The van der Waals surface area contributed by atoms with E-state index in [1.54, 1.807) is 0 Å². The van der Waals surface area contributed by atoms with Crippen LogP contribution >= 0.6 is 0 Å². The van der Waals surface area contributed by atoms with Gasteiger partial charge in [0, 0.05) is 0 Å². The van der Waals surface area contributed by atoms with E-state index >= 15 is 0 Å². The molecule has 2 rings (SSSR count). The summed E-state index contributed by atoms with van der Waals surface area (Å²) in [4.78, 5) is 15.6. The summed E-state index contributed by atoms with van der Waals surface area (Å²) in [6.07, 6.45) is 1.43. The minimum Gasteiger partial charge on any atom is -0.382 e. The molecule has 50 valence electrons. The normalized spacial score (nSPS) is 21.4. The second-order valence-electron chi connectivity index (χ2n) is 1.89. The summed E-state index contributed by atoms with van der Waals surface area (Å²) in [6, 6.07) is 0. The first-order valence-corrected chi connectivity index (χ1v) is 2.83. The molecule has 2 aliphatic rings. The van der Waals surface area contributed by atoms with Gasteiger partial charge in [-0.3, -0.25) is 0 Å². The van der Waals surface area contributed by atoms with Crippen LogP contribution in [0.5, 0.6) is 0 Å². The number of hydrogen-bond donors (Lipinski definition) is 1. The Bertz CT molecular complexity index is 282. The molecule has 0 aromatic carbocycles. The molecule has 0 aromatic rings. The minimum atomic E-state index is 0.373. The second-order valence-corrected chi connectivity index (χ2v) is 1.89. The van der Waals surface area contributed by atoms with E-state index in [9.17, 15) is 0 Å². The van der Waals surface area contributed by atoms with Crippen LogP contribution in [-0.4, -0.2) is 30.4 Å². The molecule has 5 nitrogen and oxygen atoms in total. The van der Waals surface area contributed by atoms with E-state index in [-0.39, 0.29) is 0 Å². The van der Waals surface area contributed by atoms with Crippen molar-refractivity contribution in [2.75, 3.05) is 6.67 Å². The van der Waals surface area contributed by atoms with Crippen molar-refractivity contribution in [3.8, 4) is 0 Å². The molecule has 0 bridgehead atoms. The van der Waals surface area contributed by atoms with E-state index in [2.05, 4.69) is 20.0 Å². The maximum atomic E-state index is 5.48. The highest BCUT2D eigenvalue weighted by Crippen LogP contribution is 2.00. The maximum Gasteiger partial charge on any atom is 0.180 e. The summed E-state index contributed by atoms with van der Waals surface area (Å²) in [5, 5.41) is 0. The molecule has 0 aliphatic carbocycles. The average molecular weight is 135 g/mol. The first-order chi connectivity index (χ1) is 4.88. The first kappa shape index (κ1) is 5.28. The lowest BCUT2D eigenvalue weighted by Gasteiger charge is -2.03. The predicted molar refractivity (Wildman–Crippen MR) is 39.9 cm³/mol. The average Bonchev–Trinajstić information content (AvgIpc) is 2.36. The van der Waals surface area contributed by atoms with Crippen LogP contribution in [0.4, 0.5) is 0 Å². The largest absolute Gasteiger partial charge is 0.382 e. The van der Waals surface area contributed by atoms with Crippen LogP contribution in [0.2, 0.25) is 0 Å². The highest BCUT2D eigenvalue weighted by atomic mass is 15.1. The Kier molecular flexibility index (Phi) is 0.913. The predicted octanol–water partition coefficient (Wildman–Crippen LogP) is -0.804. The fourth-order valence-corrected chi connectivity index (χ4v) is 0.810. The van der Waals surface area contributed by atoms with E-state index in [1.807, 2.05) is 0 Å². The van der Waals surface area contributed by atoms with Gasteiger partial charge in [-0.1, -0.05) is 0 Å². The van der Waals surface area contributed by atoms with Crippen LogP contribution < -0.4 is 5.73 Å². The van der Waals surface area contributed by atoms with Crippen LogP contribution in [0.25, 0.3) is 0 Å². The highest BCUT2D eigenvalue weighted by molar-refractivity contribution is 6.70. The molecule has 0 atom stereocenters. The Morgan fingerprint density at radius 3 is 3.10 bits per heavy atom. The van der Waals surface area contributed by atoms with Gasteiger partial charge < -0.3 is 5.73 Å². The summed E-state index contributed by atoms with van der Waals surface area (Å²) >= 11 is 0. The smallest absolute Gasteiger partial charge is 0.180 e. The van der Waals surface area contributed by atoms with E-state index < -0.39 is 0 Å². The Morgan fingerprint density at radius 2 is 2.30 bits per heavy atom. The zero-order valence-corrected chi connectivity index (χ0v) is 5.15. The third kappa shape index (κ3) is 0.570. The topological polar surface area (TPSA) is 75.5 Å². The van der Waals surface area contributed by atoms with Gasteiger partial charge >= 0.3 is 0 Å². The standard InChI is InChI=1S/C5H5N5/c6-4-3-5(9-1-7-3)10-2-8-4/h1H,2H2,(H2,6,8). The Labute approximate surface area is 57.1 Å². The summed E-state index contributed by atoms with van der Waals surface area (Å²) in [6.45, 7) is 0.373. The SMILES string of the molecule is NC1=NCN=C2N=CN=C12. The van der Waals surface area contributed by atoms with Gasteiger partial charge in [0.25, 0.3) is 0 Å². The fraction of sp³-hybridized carbons (Fsp3) is 0.200.